The molecule has 3 amide bonds. The zero-order valence-corrected chi connectivity index (χ0v) is 18.3. The number of para-hydroxylation sites is 2. The third kappa shape index (κ3) is 5.01. The van der Waals surface area contributed by atoms with E-state index in [-0.39, 0.29) is 24.3 Å². The van der Waals surface area contributed by atoms with Crippen molar-refractivity contribution in [2.45, 2.75) is 38.7 Å². The van der Waals surface area contributed by atoms with Crippen molar-refractivity contribution in [2.75, 3.05) is 57.3 Å². The second-order valence-electron chi connectivity index (χ2n) is 8.60. The molecule has 2 fully saturated rings. The van der Waals surface area contributed by atoms with Crippen LogP contribution in [-0.4, -0.2) is 90.9 Å². The molecule has 8 nitrogen and oxygen atoms in total. The first-order chi connectivity index (χ1) is 15.0. The fourth-order valence-electron chi connectivity index (χ4n) is 4.60. The van der Waals surface area contributed by atoms with Crippen LogP contribution in [0.4, 0.5) is 5.69 Å². The number of likely N-dealkylation sites (tertiary alicyclic amines) is 1. The van der Waals surface area contributed by atoms with Gasteiger partial charge in [0.2, 0.25) is 11.8 Å². The lowest BCUT2D eigenvalue weighted by Gasteiger charge is -2.39. The lowest BCUT2D eigenvalue weighted by Crippen LogP contribution is -2.57. The van der Waals surface area contributed by atoms with Gasteiger partial charge in [0, 0.05) is 46.2 Å². The van der Waals surface area contributed by atoms with Crippen LogP contribution in [0.3, 0.4) is 0 Å². The fourth-order valence-corrected chi connectivity index (χ4v) is 4.60. The van der Waals surface area contributed by atoms with E-state index in [0.29, 0.717) is 44.2 Å². The SMILES string of the molecule is CC(=O)N1C[C@H](C(=O)N2CCN(CC(=O)N3CCCCCC3)CC2)Oc2ccccc21. The zero-order valence-electron chi connectivity index (χ0n) is 18.3. The maximum Gasteiger partial charge on any atom is 0.265 e. The Kier molecular flexibility index (Phi) is 6.75. The van der Waals surface area contributed by atoms with Crippen molar-refractivity contribution < 1.29 is 19.1 Å². The molecule has 3 aliphatic heterocycles. The second kappa shape index (κ2) is 9.68. The molecule has 3 heterocycles. The predicted octanol–water partition coefficient (Wildman–Crippen LogP) is 1.35. The number of piperazine rings is 1. The summed E-state index contributed by atoms with van der Waals surface area (Å²) in [5, 5.41) is 0. The summed E-state index contributed by atoms with van der Waals surface area (Å²) in [5.41, 5.74) is 0.705. The molecule has 31 heavy (non-hydrogen) atoms. The number of amides is 3. The summed E-state index contributed by atoms with van der Waals surface area (Å²) in [6.07, 6.45) is 3.90. The summed E-state index contributed by atoms with van der Waals surface area (Å²) in [5.74, 6) is 0.555. The monoisotopic (exact) mass is 428 g/mol. The van der Waals surface area contributed by atoms with Gasteiger partial charge in [0.25, 0.3) is 5.91 Å². The van der Waals surface area contributed by atoms with Crippen LogP contribution in [0.5, 0.6) is 5.75 Å². The first kappa shape index (κ1) is 21.6. The van der Waals surface area contributed by atoms with Gasteiger partial charge in [-0.25, -0.2) is 0 Å². The lowest BCUT2D eigenvalue weighted by atomic mass is 10.1. The van der Waals surface area contributed by atoms with E-state index < -0.39 is 6.10 Å². The van der Waals surface area contributed by atoms with E-state index in [1.54, 1.807) is 15.9 Å². The standard InChI is InChI=1S/C23H32N4O4/c1-18(28)27-16-21(31-20-9-5-4-8-19(20)27)23(30)26-14-12-24(13-15-26)17-22(29)25-10-6-2-3-7-11-25/h4-5,8-9,21H,2-3,6-7,10-17H2,1H3/t21-/m1/s1. The first-order valence-corrected chi connectivity index (χ1v) is 11.4. The Morgan fingerprint density at radius 1 is 0.903 bits per heavy atom. The minimum atomic E-state index is -0.705. The van der Waals surface area contributed by atoms with Gasteiger partial charge < -0.3 is 19.4 Å². The predicted molar refractivity (Wildman–Crippen MR) is 117 cm³/mol. The Morgan fingerprint density at radius 2 is 1.58 bits per heavy atom. The van der Waals surface area contributed by atoms with Crippen LogP contribution in [0.2, 0.25) is 0 Å². The molecule has 1 atom stereocenters. The largest absolute Gasteiger partial charge is 0.476 e. The van der Waals surface area contributed by atoms with Crippen molar-refractivity contribution in [3.05, 3.63) is 24.3 Å². The smallest absolute Gasteiger partial charge is 0.265 e. The Bertz CT molecular complexity index is 814. The number of carbonyl (C=O) groups is 3. The fraction of sp³-hybridized carbons (Fsp3) is 0.609. The summed E-state index contributed by atoms with van der Waals surface area (Å²) in [7, 11) is 0. The van der Waals surface area contributed by atoms with Crippen LogP contribution in [0, 0.1) is 0 Å². The molecule has 8 heteroatoms. The van der Waals surface area contributed by atoms with E-state index in [1.165, 1.54) is 19.8 Å². The van der Waals surface area contributed by atoms with Crippen LogP contribution in [0.25, 0.3) is 0 Å². The van der Waals surface area contributed by atoms with Crippen molar-refractivity contribution in [1.29, 1.82) is 0 Å². The minimum absolute atomic E-state index is 0.0979. The highest BCUT2D eigenvalue weighted by atomic mass is 16.5. The number of ether oxygens (including phenoxy) is 1. The van der Waals surface area contributed by atoms with Gasteiger partial charge in [0.15, 0.2) is 6.10 Å². The van der Waals surface area contributed by atoms with Gasteiger partial charge in [-0.15, -0.1) is 0 Å². The molecule has 2 saturated heterocycles. The molecule has 0 bridgehead atoms. The number of benzene rings is 1. The van der Waals surface area contributed by atoms with Crippen LogP contribution >= 0.6 is 0 Å². The van der Waals surface area contributed by atoms with E-state index in [9.17, 15) is 14.4 Å². The molecule has 0 radical (unpaired) electrons. The van der Waals surface area contributed by atoms with E-state index in [0.717, 1.165) is 25.9 Å². The molecule has 1 aromatic rings. The molecule has 0 unspecified atom stereocenters. The van der Waals surface area contributed by atoms with Gasteiger partial charge in [0.05, 0.1) is 18.8 Å². The minimum Gasteiger partial charge on any atom is -0.476 e. The molecule has 0 saturated carbocycles. The van der Waals surface area contributed by atoms with Crippen molar-refractivity contribution in [3.63, 3.8) is 0 Å². The first-order valence-electron chi connectivity index (χ1n) is 11.4. The number of rotatable bonds is 3. The highest BCUT2D eigenvalue weighted by Gasteiger charge is 2.36. The van der Waals surface area contributed by atoms with E-state index in [4.69, 9.17) is 4.74 Å². The third-order valence-electron chi connectivity index (χ3n) is 6.43. The van der Waals surface area contributed by atoms with Crippen LogP contribution < -0.4 is 9.64 Å². The number of hydrogen-bond acceptors (Lipinski definition) is 5. The number of anilines is 1. The van der Waals surface area contributed by atoms with E-state index in [1.807, 2.05) is 23.1 Å². The van der Waals surface area contributed by atoms with Crippen molar-refractivity contribution in [1.82, 2.24) is 14.7 Å². The average Bonchev–Trinajstić information content (AvgIpc) is 3.08. The lowest BCUT2D eigenvalue weighted by molar-refractivity contribution is -0.141. The van der Waals surface area contributed by atoms with Gasteiger partial charge in [-0.05, 0) is 25.0 Å². The van der Waals surface area contributed by atoms with Crippen LogP contribution in [-0.2, 0) is 14.4 Å². The maximum atomic E-state index is 13.1. The quantitative estimate of drug-likeness (QED) is 0.727. The number of fused-ring (bicyclic) bond motifs is 1. The molecule has 0 aromatic heterocycles. The van der Waals surface area contributed by atoms with Gasteiger partial charge in [0.1, 0.15) is 5.75 Å². The van der Waals surface area contributed by atoms with E-state index in [2.05, 4.69) is 4.90 Å². The molecule has 4 rings (SSSR count). The molecule has 0 aliphatic carbocycles. The Labute approximate surface area is 183 Å². The third-order valence-corrected chi connectivity index (χ3v) is 6.43. The summed E-state index contributed by atoms with van der Waals surface area (Å²) in [6.45, 7) is 6.35. The second-order valence-corrected chi connectivity index (χ2v) is 8.60. The van der Waals surface area contributed by atoms with Gasteiger partial charge >= 0.3 is 0 Å². The highest BCUT2D eigenvalue weighted by molar-refractivity contribution is 5.95. The van der Waals surface area contributed by atoms with Crippen LogP contribution in [0.1, 0.15) is 32.6 Å². The summed E-state index contributed by atoms with van der Waals surface area (Å²) in [6, 6.07) is 7.31. The normalized spacial score (nSPS) is 22.4. The molecular weight excluding hydrogens is 396 g/mol. The van der Waals surface area contributed by atoms with Gasteiger partial charge in [-0.2, -0.15) is 0 Å². The maximum absolute atomic E-state index is 13.1. The van der Waals surface area contributed by atoms with Crippen molar-refractivity contribution in [2.24, 2.45) is 0 Å². The van der Waals surface area contributed by atoms with Crippen molar-refractivity contribution in [3.8, 4) is 5.75 Å². The van der Waals surface area contributed by atoms with Crippen LogP contribution in [0.15, 0.2) is 24.3 Å². The Morgan fingerprint density at radius 3 is 2.26 bits per heavy atom. The summed E-state index contributed by atoms with van der Waals surface area (Å²) >= 11 is 0. The Hall–Kier alpha value is -2.61. The molecular formula is C23H32N4O4. The molecule has 1 aromatic carbocycles. The van der Waals surface area contributed by atoms with E-state index >= 15 is 0 Å². The van der Waals surface area contributed by atoms with Gasteiger partial charge in [-0.1, -0.05) is 25.0 Å². The molecule has 168 valence electrons. The number of carbonyl (C=O) groups excluding carboxylic acids is 3. The topological polar surface area (TPSA) is 73.4 Å². The molecule has 0 spiro atoms. The summed E-state index contributed by atoms with van der Waals surface area (Å²) < 4.78 is 5.95. The average molecular weight is 429 g/mol. The van der Waals surface area contributed by atoms with Gasteiger partial charge in [-0.3, -0.25) is 19.3 Å². The zero-order chi connectivity index (χ0) is 21.8. The van der Waals surface area contributed by atoms with Crippen molar-refractivity contribution >= 4 is 23.4 Å². The molecule has 0 N–H and O–H groups in total. The number of hydrogen-bond donors (Lipinski definition) is 0. The Balaban J connectivity index is 1.31. The summed E-state index contributed by atoms with van der Waals surface area (Å²) in [4.78, 5) is 45.4. The molecule has 3 aliphatic rings. The highest BCUT2D eigenvalue weighted by Crippen LogP contribution is 2.33. The number of nitrogens with zero attached hydrogens (tertiary/aromatic N) is 4.